The largest absolute Gasteiger partial charge is 0.271 e. The average molecular weight is 430 g/mol. The lowest BCUT2D eigenvalue weighted by atomic mass is 10.1. The standard InChI is InChI=1S/C14H14Br2N4S/c1-20-12-5-3-2-4-8(12)10(19-20)7-11(18-17)13-6-9(15)14(16)21-13/h2-6,11,18H,7,17H2,1H3. The summed E-state index contributed by atoms with van der Waals surface area (Å²) in [5, 5.41) is 5.81. The molecule has 0 radical (unpaired) electrons. The highest BCUT2D eigenvalue weighted by Gasteiger charge is 2.18. The SMILES string of the molecule is Cn1nc(CC(NN)c2cc(Br)c(Br)s2)c2ccccc21. The van der Waals surface area contributed by atoms with E-state index in [1.165, 1.54) is 10.3 Å². The number of hydrazine groups is 1. The topological polar surface area (TPSA) is 55.9 Å². The van der Waals surface area contributed by atoms with Crippen molar-refractivity contribution in [2.45, 2.75) is 12.5 Å². The zero-order chi connectivity index (χ0) is 15.0. The lowest BCUT2D eigenvalue weighted by Crippen LogP contribution is -2.29. The highest BCUT2D eigenvalue weighted by atomic mass is 79.9. The zero-order valence-electron chi connectivity index (χ0n) is 11.3. The van der Waals surface area contributed by atoms with E-state index < -0.39 is 0 Å². The molecule has 1 unspecified atom stereocenters. The summed E-state index contributed by atoms with van der Waals surface area (Å²) in [5.41, 5.74) is 5.09. The Balaban J connectivity index is 1.96. The number of thiophene rings is 1. The summed E-state index contributed by atoms with van der Waals surface area (Å²) in [6, 6.07) is 10.4. The van der Waals surface area contributed by atoms with E-state index in [-0.39, 0.29) is 6.04 Å². The van der Waals surface area contributed by atoms with E-state index in [2.05, 4.69) is 60.6 Å². The number of fused-ring (bicyclic) bond motifs is 1. The van der Waals surface area contributed by atoms with Crippen molar-refractivity contribution >= 4 is 54.1 Å². The Labute approximate surface area is 143 Å². The van der Waals surface area contributed by atoms with Gasteiger partial charge in [0.15, 0.2) is 0 Å². The molecular formula is C14H14Br2N4S. The molecule has 7 heteroatoms. The van der Waals surface area contributed by atoms with E-state index in [9.17, 15) is 0 Å². The van der Waals surface area contributed by atoms with Gasteiger partial charge in [-0.15, -0.1) is 11.3 Å². The maximum atomic E-state index is 5.75. The van der Waals surface area contributed by atoms with Gasteiger partial charge in [-0.2, -0.15) is 5.10 Å². The van der Waals surface area contributed by atoms with Gasteiger partial charge in [0.2, 0.25) is 0 Å². The van der Waals surface area contributed by atoms with Gasteiger partial charge in [-0.3, -0.25) is 16.0 Å². The summed E-state index contributed by atoms with van der Waals surface area (Å²) < 4.78 is 4.04. The smallest absolute Gasteiger partial charge is 0.0843 e. The van der Waals surface area contributed by atoms with Crippen molar-refractivity contribution in [1.29, 1.82) is 0 Å². The summed E-state index contributed by atoms with van der Waals surface area (Å²) in [6.45, 7) is 0. The molecule has 0 amide bonds. The lowest BCUT2D eigenvalue weighted by molar-refractivity contribution is 0.551. The van der Waals surface area contributed by atoms with Gasteiger partial charge < -0.3 is 0 Å². The van der Waals surface area contributed by atoms with Crippen molar-refractivity contribution in [3.8, 4) is 0 Å². The highest BCUT2D eigenvalue weighted by Crippen LogP contribution is 2.36. The second-order valence-corrected chi connectivity index (χ2v) is 8.04. The van der Waals surface area contributed by atoms with Crippen LogP contribution in [-0.2, 0) is 13.5 Å². The molecule has 0 spiro atoms. The molecule has 110 valence electrons. The predicted octanol–water partition coefficient (Wildman–Crippen LogP) is 3.91. The molecule has 0 saturated carbocycles. The Morgan fingerprint density at radius 1 is 1.38 bits per heavy atom. The van der Waals surface area contributed by atoms with E-state index >= 15 is 0 Å². The first-order valence-corrected chi connectivity index (χ1v) is 8.82. The fourth-order valence-electron chi connectivity index (χ4n) is 2.41. The highest BCUT2D eigenvalue weighted by molar-refractivity contribution is 9.13. The second-order valence-electron chi connectivity index (χ2n) is 4.78. The number of benzene rings is 1. The molecule has 0 aliphatic heterocycles. The van der Waals surface area contributed by atoms with Crippen LogP contribution in [0.2, 0.25) is 0 Å². The first-order chi connectivity index (χ1) is 10.1. The molecule has 0 saturated heterocycles. The van der Waals surface area contributed by atoms with Crippen molar-refractivity contribution in [2.24, 2.45) is 12.9 Å². The van der Waals surface area contributed by atoms with Crippen LogP contribution in [0.25, 0.3) is 10.9 Å². The molecular weight excluding hydrogens is 416 g/mol. The molecule has 2 heterocycles. The third-order valence-electron chi connectivity index (χ3n) is 3.44. The number of aromatic nitrogens is 2. The van der Waals surface area contributed by atoms with E-state index in [0.29, 0.717) is 0 Å². The third kappa shape index (κ3) is 2.93. The third-order valence-corrected chi connectivity index (χ3v) is 6.81. The summed E-state index contributed by atoms with van der Waals surface area (Å²) in [4.78, 5) is 1.17. The molecule has 21 heavy (non-hydrogen) atoms. The molecule has 2 aromatic heterocycles. The number of aryl methyl sites for hydroxylation is 1. The summed E-state index contributed by atoms with van der Waals surface area (Å²) in [7, 11) is 1.97. The fraction of sp³-hybridized carbons (Fsp3) is 0.214. The van der Waals surface area contributed by atoms with Gasteiger partial charge in [-0.25, -0.2) is 0 Å². The van der Waals surface area contributed by atoms with Crippen LogP contribution in [0.4, 0.5) is 0 Å². The monoisotopic (exact) mass is 428 g/mol. The number of nitrogens with one attached hydrogen (secondary N) is 1. The van der Waals surface area contributed by atoms with Crippen LogP contribution in [0.3, 0.4) is 0 Å². The Hall–Kier alpha value is -0.730. The lowest BCUT2D eigenvalue weighted by Gasteiger charge is -2.12. The van der Waals surface area contributed by atoms with Crippen molar-refractivity contribution in [3.05, 3.63) is 49.2 Å². The molecule has 1 atom stereocenters. The average Bonchev–Trinajstić information content (AvgIpc) is 2.98. The molecule has 3 N–H and O–H groups in total. The van der Waals surface area contributed by atoms with Crippen LogP contribution >= 0.6 is 43.2 Å². The quantitative estimate of drug-likeness (QED) is 0.488. The van der Waals surface area contributed by atoms with Gasteiger partial charge in [0.25, 0.3) is 0 Å². The Kier molecular flexibility index (Phi) is 4.46. The first-order valence-electron chi connectivity index (χ1n) is 6.41. The molecule has 0 aliphatic carbocycles. The van der Waals surface area contributed by atoms with E-state index in [1.54, 1.807) is 11.3 Å². The van der Waals surface area contributed by atoms with Gasteiger partial charge in [0.1, 0.15) is 0 Å². The van der Waals surface area contributed by atoms with Crippen LogP contribution < -0.4 is 11.3 Å². The van der Waals surface area contributed by atoms with Gasteiger partial charge in [-0.05, 0) is 44.0 Å². The van der Waals surface area contributed by atoms with Crippen LogP contribution in [0, 0.1) is 0 Å². The van der Waals surface area contributed by atoms with Crippen molar-refractivity contribution in [2.75, 3.05) is 0 Å². The molecule has 1 aromatic carbocycles. The number of para-hydroxylation sites is 1. The van der Waals surface area contributed by atoms with Crippen LogP contribution in [0.5, 0.6) is 0 Å². The fourth-order valence-corrected chi connectivity index (χ4v) is 4.56. The number of hydrogen-bond donors (Lipinski definition) is 2. The molecule has 4 nitrogen and oxygen atoms in total. The zero-order valence-corrected chi connectivity index (χ0v) is 15.3. The maximum absolute atomic E-state index is 5.75. The van der Waals surface area contributed by atoms with Gasteiger partial charge in [0, 0.05) is 28.2 Å². The Morgan fingerprint density at radius 2 is 2.14 bits per heavy atom. The number of nitrogens with two attached hydrogens (primary N) is 1. The molecule has 0 bridgehead atoms. The van der Waals surface area contributed by atoms with Crippen molar-refractivity contribution < 1.29 is 0 Å². The second kappa shape index (κ2) is 6.18. The number of hydrogen-bond acceptors (Lipinski definition) is 4. The van der Waals surface area contributed by atoms with Gasteiger partial charge in [0.05, 0.1) is 21.0 Å². The molecule has 0 fully saturated rings. The van der Waals surface area contributed by atoms with Gasteiger partial charge in [-0.1, -0.05) is 18.2 Å². The maximum Gasteiger partial charge on any atom is 0.0843 e. The molecule has 3 aromatic rings. The van der Waals surface area contributed by atoms with Gasteiger partial charge >= 0.3 is 0 Å². The van der Waals surface area contributed by atoms with E-state index in [1.807, 2.05) is 23.9 Å². The molecule has 3 rings (SSSR count). The first kappa shape index (κ1) is 15.2. The minimum atomic E-state index is 0.0379. The molecule has 0 aliphatic rings. The minimum Gasteiger partial charge on any atom is -0.271 e. The van der Waals surface area contributed by atoms with E-state index in [4.69, 9.17) is 5.84 Å². The van der Waals surface area contributed by atoms with Crippen molar-refractivity contribution in [1.82, 2.24) is 15.2 Å². The Morgan fingerprint density at radius 3 is 2.81 bits per heavy atom. The number of rotatable bonds is 4. The summed E-state index contributed by atoms with van der Waals surface area (Å²) in [5.74, 6) is 5.75. The normalized spacial score (nSPS) is 13.0. The van der Waals surface area contributed by atoms with Crippen LogP contribution in [-0.4, -0.2) is 9.78 Å². The summed E-state index contributed by atoms with van der Waals surface area (Å²) in [6.07, 6.45) is 0.747. The number of nitrogens with zero attached hydrogens (tertiary/aromatic N) is 2. The van der Waals surface area contributed by atoms with E-state index in [0.717, 1.165) is 25.9 Å². The van der Waals surface area contributed by atoms with Crippen LogP contribution in [0.15, 0.2) is 38.6 Å². The predicted molar refractivity (Wildman–Crippen MR) is 94.2 cm³/mol. The number of halogens is 2. The summed E-state index contributed by atoms with van der Waals surface area (Å²) >= 11 is 8.72. The van der Waals surface area contributed by atoms with Crippen LogP contribution in [0.1, 0.15) is 16.6 Å². The Bertz CT molecular complexity index is 761. The van der Waals surface area contributed by atoms with Crippen molar-refractivity contribution in [3.63, 3.8) is 0 Å². The minimum absolute atomic E-state index is 0.0379.